The van der Waals surface area contributed by atoms with Gasteiger partial charge in [0.25, 0.3) is 0 Å². The number of anilines is 1. The third-order valence-corrected chi connectivity index (χ3v) is 2.75. The molecule has 0 aromatic heterocycles. The average Bonchev–Trinajstić information content (AvgIpc) is 2.41. The fourth-order valence-corrected chi connectivity index (χ4v) is 1.60. The minimum Gasteiger partial charge on any atom is -0.381 e. The summed E-state index contributed by atoms with van der Waals surface area (Å²) in [7, 11) is 0. The van der Waals surface area contributed by atoms with Crippen molar-refractivity contribution >= 4 is 5.69 Å². The van der Waals surface area contributed by atoms with E-state index in [1.54, 1.807) is 25.1 Å². The molecule has 0 aliphatic heterocycles. The minimum absolute atomic E-state index is 0.208. The fraction of sp³-hybridized carbons (Fsp3) is 0.133. The number of halogens is 1. The Morgan fingerprint density at radius 1 is 1.17 bits per heavy atom. The molecule has 0 unspecified atom stereocenters. The standard InChI is InChI=1S/C15H13FN2/c1-11-2-7-14(8-15(11)16)18-10-13-5-3-12(9-17)4-6-13/h2-8,18H,10H2,1H3. The fourth-order valence-electron chi connectivity index (χ4n) is 1.60. The van der Waals surface area contributed by atoms with E-state index in [-0.39, 0.29) is 5.82 Å². The van der Waals surface area contributed by atoms with Crippen LogP contribution < -0.4 is 5.32 Å². The third-order valence-electron chi connectivity index (χ3n) is 2.75. The van der Waals surface area contributed by atoms with Crippen LogP contribution in [-0.2, 0) is 6.54 Å². The molecule has 18 heavy (non-hydrogen) atoms. The van der Waals surface area contributed by atoms with Gasteiger partial charge in [0.15, 0.2) is 0 Å². The second kappa shape index (κ2) is 5.33. The van der Waals surface area contributed by atoms with Crippen molar-refractivity contribution in [2.75, 3.05) is 5.32 Å². The number of nitriles is 1. The predicted molar refractivity (Wildman–Crippen MR) is 69.6 cm³/mol. The predicted octanol–water partition coefficient (Wildman–Crippen LogP) is 3.62. The van der Waals surface area contributed by atoms with Crippen molar-refractivity contribution in [3.8, 4) is 6.07 Å². The molecule has 0 spiro atoms. The Morgan fingerprint density at radius 2 is 1.89 bits per heavy atom. The van der Waals surface area contributed by atoms with Crippen LogP contribution in [0.1, 0.15) is 16.7 Å². The highest BCUT2D eigenvalue weighted by Crippen LogP contribution is 2.14. The molecular weight excluding hydrogens is 227 g/mol. The van der Waals surface area contributed by atoms with Crippen LogP contribution in [0.2, 0.25) is 0 Å². The summed E-state index contributed by atoms with van der Waals surface area (Å²) >= 11 is 0. The van der Waals surface area contributed by atoms with Gasteiger partial charge < -0.3 is 5.32 Å². The lowest BCUT2D eigenvalue weighted by Gasteiger charge is -2.07. The smallest absolute Gasteiger partial charge is 0.128 e. The number of hydrogen-bond donors (Lipinski definition) is 1. The maximum Gasteiger partial charge on any atom is 0.128 e. The lowest BCUT2D eigenvalue weighted by molar-refractivity contribution is 0.619. The molecule has 2 nitrogen and oxygen atoms in total. The summed E-state index contributed by atoms with van der Waals surface area (Å²) in [6.45, 7) is 2.34. The van der Waals surface area contributed by atoms with E-state index in [9.17, 15) is 4.39 Å². The first-order chi connectivity index (χ1) is 8.69. The molecule has 0 fully saturated rings. The molecule has 3 heteroatoms. The average molecular weight is 240 g/mol. The van der Waals surface area contributed by atoms with Gasteiger partial charge in [0.2, 0.25) is 0 Å². The molecule has 0 saturated carbocycles. The molecule has 0 amide bonds. The molecule has 2 aromatic carbocycles. The van der Waals surface area contributed by atoms with Gasteiger partial charge in [-0.2, -0.15) is 5.26 Å². The Hall–Kier alpha value is -2.34. The number of benzene rings is 2. The second-order valence-corrected chi connectivity index (χ2v) is 4.13. The topological polar surface area (TPSA) is 35.8 Å². The quantitative estimate of drug-likeness (QED) is 0.889. The lowest BCUT2D eigenvalue weighted by Crippen LogP contribution is -2.00. The molecule has 0 aliphatic rings. The molecule has 0 aliphatic carbocycles. The number of hydrogen-bond acceptors (Lipinski definition) is 2. The molecule has 2 rings (SSSR count). The van der Waals surface area contributed by atoms with Crippen LogP contribution in [0, 0.1) is 24.1 Å². The molecule has 90 valence electrons. The van der Waals surface area contributed by atoms with Crippen LogP contribution in [0.4, 0.5) is 10.1 Å². The van der Waals surface area contributed by atoms with Gasteiger partial charge >= 0.3 is 0 Å². The Labute approximate surface area is 106 Å². The number of nitrogens with one attached hydrogen (secondary N) is 1. The van der Waals surface area contributed by atoms with Crippen LogP contribution in [0.25, 0.3) is 0 Å². The van der Waals surface area contributed by atoms with Gasteiger partial charge in [0.05, 0.1) is 11.6 Å². The SMILES string of the molecule is Cc1ccc(NCc2ccc(C#N)cc2)cc1F. The summed E-state index contributed by atoms with van der Waals surface area (Å²) in [6.07, 6.45) is 0. The molecule has 0 bridgehead atoms. The Kier molecular flexibility index (Phi) is 3.59. The van der Waals surface area contributed by atoms with Crippen molar-refractivity contribution in [3.05, 3.63) is 65.0 Å². The van der Waals surface area contributed by atoms with Crippen LogP contribution in [0.5, 0.6) is 0 Å². The molecule has 2 aromatic rings. The first-order valence-electron chi connectivity index (χ1n) is 5.68. The van der Waals surface area contributed by atoms with Gasteiger partial charge in [0.1, 0.15) is 5.82 Å². The maximum atomic E-state index is 13.3. The van der Waals surface area contributed by atoms with Gasteiger partial charge in [-0.1, -0.05) is 18.2 Å². The van der Waals surface area contributed by atoms with Gasteiger partial charge in [-0.25, -0.2) is 4.39 Å². The van der Waals surface area contributed by atoms with Crippen LogP contribution >= 0.6 is 0 Å². The van der Waals surface area contributed by atoms with E-state index in [0.717, 1.165) is 11.3 Å². The largest absolute Gasteiger partial charge is 0.381 e. The van der Waals surface area contributed by atoms with Gasteiger partial charge in [-0.3, -0.25) is 0 Å². The molecule has 0 heterocycles. The Morgan fingerprint density at radius 3 is 2.50 bits per heavy atom. The molecule has 1 N–H and O–H groups in total. The Balaban J connectivity index is 2.02. The monoisotopic (exact) mass is 240 g/mol. The third kappa shape index (κ3) is 2.86. The summed E-state index contributed by atoms with van der Waals surface area (Å²) in [5.74, 6) is -0.208. The zero-order valence-electron chi connectivity index (χ0n) is 10.1. The normalized spacial score (nSPS) is 9.83. The number of aryl methyl sites for hydroxylation is 1. The summed E-state index contributed by atoms with van der Waals surface area (Å²) in [4.78, 5) is 0. The number of rotatable bonds is 3. The number of nitrogens with zero attached hydrogens (tertiary/aromatic N) is 1. The van der Waals surface area contributed by atoms with E-state index in [4.69, 9.17) is 5.26 Å². The van der Waals surface area contributed by atoms with E-state index in [0.29, 0.717) is 17.7 Å². The molecule has 0 radical (unpaired) electrons. The summed E-state index contributed by atoms with van der Waals surface area (Å²) in [6, 6.07) is 14.5. The van der Waals surface area contributed by atoms with E-state index in [1.807, 2.05) is 18.2 Å². The van der Waals surface area contributed by atoms with Crippen LogP contribution in [0.3, 0.4) is 0 Å². The second-order valence-electron chi connectivity index (χ2n) is 4.13. The first kappa shape index (κ1) is 12.1. The Bertz CT molecular complexity index is 582. The highest BCUT2D eigenvalue weighted by molar-refractivity contribution is 5.46. The van der Waals surface area contributed by atoms with Crippen molar-refractivity contribution in [2.24, 2.45) is 0 Å². The van der Waals surface area contributed by atoms with E-state index >= 15 is 0 Å². The maximum absolute atomic E-state index is 13.3. The highest BCUT2D eigenvalue weighted by Gasteiger charge is 1.99. The van der Waals surface area contributed by atoms with E-state index in [1.165, 1.54) is 6.07 Å². The highest BCUT2D eigenvalue weighted by atomic mass is 19.1. The summed E-state index contributed by atoms with van der Waals surface area (Å²) in [5.41, 5.74) is 3.08. The zero-order chi connectivity index (χ0) is 13.0. The van der Waals surface area contributed by atoms with Crippen molar-refractivity contribution in [1.82, 2.24) is 0 Å². The molecule has 0 saturated heterocycles. The van der Waals surface area contributed by atoms with Crippen LogP contribution in [0.15, 0.2) is 42.5 Å². The summed E-state index contributed by atoms with van der Waals surface area (Å²) < 4.78 is 13.3. The van der Waals surface area contributed by atoms with Crippen molar-refractivity contribution in [1.29, 1.82) is 5.26 Å². The zero-order valence-corrected chi connectivity index (χ0v) is 10.1. The van der Waals surface area contributed by atoms with E-state index < -0.39 is 0 Å². The first-order valence-corrected chi connectivity index (χ1v) is 5.68. The van der Waals surface area contributed by atoms with Gasteiger partial charge in [-0.15, -0.1) is 0 Å². The minimum atomic E-state index is -0.208. The lowest BCUT2D eigenvalue weighted by atomic mass is 10.1. The van der Waals surface area contributed by atoms with Crippen molar-refractivity contribution < 1.29 is 4.39 Å². The van der Waals surface area contributed by atoms with Crippen LogP contribution in [-0.4, -0.2) is 0 Å². The van der Waals surface area contributed by atoms with Gasteiger partial charge in [-0.05, 0) is 42.3 Å². The summed E-state index contributed by atoms with van der Waals surface area (Å²) in [5, 5.41) is 11.8. The van der Waals surface area contributed by atoms with Crippen molar-refractivity contribution in [3.63, 3.8) is 0 Å². The molecular formula is C15H13FN2. The van der Waals surface area contributed by atoms with Gasteiger partial charge in [0, 0.05) is 12.2 Å². The van der Waals surface area contributed by atoms with Crippen molar-refractivity contribution in [2.45, 2.75) is 13.5 Å². The van der Waals surface area contributed by atoms with E-state index in [2.05, 4.69) is 11.4 Å². The molecule has 0 atom stereocenters.